The molecule has 0 unspecified atom stereocenters. The van der Waals surface area contributed by atoms with Gasteiger partial charge in [-0.05, 0) is 11.6 Å². The van der Waals surface area contributed by atoms with E-state index in [0.717, 1.165) is 47.7 Å². The molecule has 0 fully saturated rings. The fourth-order valence-electron chi connectivity index (χ4n) is 2.88. The number of carbonyl (C=O) groups excluding carboxylic acids is 1. The van der Waals surface area contributed by atoms with Crippen LogP contribution in [-0.4, -0.2) is 34.5 Å². The third-order valence-electron chi connectivity index (χ3n) is 4.13. The maximum Gasteiger partial charge on any atom is 0.210 e. The summed E-state index contributed by atoms with van der Waals surface area (Å²) in [4.78, 5) is 22.5. The third-order valence-corrected chi connectivity index (χ3v) is 4.13. The number of benzene rings is 1. The van der Waals surface area contributed by atoms with Crippen LogP contribution in [-0.2, 0) is 29.6 Å². The van der Waals surface area contributed by atoms with Gasteiger partial charge in [0.05, 0.1) is 30.7 Å². The fraction of sp³-hybridized carbons (Fsp3) is 0.294. The summed E-state index contributed by atoms with van der Waals surface area (Å²) >= 11 is 0. The first-order chi connectivity index (χ1) is 11.1. The van der Waals surface area contributed by atoms with Crippen molar-refractivity contribution in [3.05, 3.63) is 47.8 Å². The summed E-state index contributed by atoms with van der Waals surface area (Å²) in [7, 11) is 3.55. The van der Waals surface area contributed by atoms with Gasteiger partial charge in [-0.1, -0.05) is 24.8 Å². The molecule has 6 heteroatoms. The second-order valence-electron chi connectivity index (χ2n) is 5.58. The molecule has 6 nitrogen and oxygen atoms in total. The summed E-state index contributed by atoms with van der Waals surface area (Å²) in [5.41, 5.74) is 7.56. The number of hydrogen-bond acceptors (Lipinski definition) is 4. The Hall–Kier alpha value is -2.60. The third kappa shape index (κ3) is 2.85. The van der Waals surface area contributed by atoms with Gasteiger partial charge in [0.25, 0.3) is 0 Å². The molecule has 2 heterocycles. The number of rotatable bonds is 5. The predicted octanol–water partition coefficient (Wildman–Crippen LogP) is 1.72. The standard InChI is InChI=1S/C17H20N4O2/c1-12(19-23-3)13-5-4-6-14(9-13)17-18-15-7-8-21(11-22)10-16(15)20(17)2/h4-6,9,11,19H,1,7-8,10H2,2-3H3. The predicted molar refractivity (Wildman–Crippen MR) is 88.0 cm³/mol. The molecule has 1 amide bonds. The summed E-state index contributed by atoms with van der Waals surface area (Å²) in [5, 5.41) is 0. The molecule has 120 valence electrons. The van der Waals surface area contributed by atoms with E-state index in [4.69, 9.17) is 9.82 Å². The first-order valence-corrected chi connectivity index (χ1v) is 7.46. The molecule has 2 aromatic rings. The maximum absolute atomic E-state index is 11.0. The minimum atomic E-state index is 0.611. The van der Waals surface area contributed by atoms with Crippen molar-refractivity contribution in [1.82, 2.24) is 19.9 Å². The minimum Gasteiger partial charge on any atom is -0.339 e. The van der Waals surface area contributed by atoms with Crippen molar-refractivity contribution in [1.29, 1.82) is 0 Å². The smallest absolute Gasteiger partial charge is 0.210 e. The molecule has 0 bridgehead atoms. The largest absolute Gasteiger partial charge is 0.339 e. The summed E-state index contributed by atoms with van der Waals surface area (Å²) in [6.07, 6.45) is 1.69. The topological polar surface area (TPSA) is 59.4 Å². The van der Waals surface area contributed by atoms with E-state index in [1.165, 1.54) is 0 Å². The van der Waals surface area contributed by atoms with E-state index in [1.807, 2.05) is 31.3 Å². The van der Waals surface area contributed by atoms with Crippen LogP contribution < -0.4 is 5.48 Å². The van der Waals surface area contributed by atoms with Crippen LogP contribution in [0.4, 0.5) is 0 Å². The number of nitrogens with zero attached hydrogens (tertiary/aromatic N) is 3. The molecule has 1 aliphatic rings. The Morgan fingerprint density at radius 2 is 2.30 bits per heavy atom. The van der Waals surface area contributed by atoms with Crippen LogP contribution in [0, 0.1) is 0 Å². The van der Waals surface area contributed by atoms with Crippen molar-refractivity contribution in [3.63, 3.8) is 0 Å². The van der Waals surface area contributed by atoms with Crippen molar-refractivity contribution in [3.8, 4) is 11.4 Å². The summed E-state index contributed by atoms with van der Waals surface area (Å²) in [5.74, 6) is 0.898. The molecule has 1 aliphatic heterocycles. The van der Waals surface area contributed by atoms with E-state index in [9.17, 15) is 4.79 Å². The lowest BCUT2D eigenvalue weighted by Gasteiger charge is -2.22. The Labute approximate surface area is 135 Å². The van der Waals surface area contributed by atoms with E-state index in [-0.39, 0.29) is 0 Å². The highest BCUT2D eigenvalue weighted by molar-refractivity contribution is 5.68. The zero-order valence-electron chi connectivity index (χ0n) is 13.4. The molecule has 0 atom stereocenters. The van der Waals surface area contributed by atoms with Crippen molar-refractivity contribution in [2.24, 2.45) is 7.05 Å². The van der Waals surface area contributed by atoms with Gasteiger partial charge in [-0.25, -0.2) is 4.98 Å². The number of imidazole rings is 1. The summed E-state index contributed by atoms with van der Waals surface area (Å²) in [6.45, 7) is 5.28. The second-order valence-corrected chi connectivity index (χ2v) is 5.58. The average Bonchev–Trinajstić information content (AvgIpc) is 2.91. The number of amides is 1. The Morgan fingerprint density at radius 1 is 1.48 bits per heavy atom. The molecule has 1 N–H and O–H groups in total. The lowest BCUT2D eigenvalue weighted by Crippen LogP contribution is -2.30. The van der Waals surface area contributed by atoms with Crippen LogP contribution in [0.3, 0.4) is 0 Å². The Balaban J connectivity index is 1.97. The van der Waals surface area contributed by atoms with E-state index in [1.54, 1.807) is 12.0 Å². The van der Waals surface area contributed by atoms with Gasteiger partial charge in [0.2, 0.25) is 6.41 Å². The maximum atomic E-state index is 11.0. The minimum absolute atomic E-state index is 0.611. The SMILES string of the molecule is C=C(NOC)c1cccc(-c2nc3c(n2C)CN(C=O)CC3)c1. The second kappa shape index (κ2) is 6.26. The first kappa shape index (κ1) is 15.3. The zero-order chi connectivity index (χ0) is 16.4. The Kier molecular flexibility index (Phi) is 4.16. The number of hydrogen-bond donors (Lipinski definition) is 1. The van der Waals surface area contributed by atoms with E-state index >= 15 is 0 Å². The van der Waals surface area contributed by atoms with Gasteiger partial charge in [0.1, 0.15) is 5.82 Å². The van der Waals surface area contributed by atoms with E-state index in [2.05, 4.69) is 16.6 Å². The monoisotopic (exact) mass is 312 g/mol. The summed E-state index contributed by atoms with van der Waals surface area (Å²) in [6, 6.07) is 7.99. The molecule has 1 aromatic heterocycles. The molecule has 23 heavy (non-hydrogen) atoms. The molecule has 0 radical (unpaired) electrons. The van der Waals surface area contributed by atoms with Gasteiger partial charge in [-0.15, -0.1) is 0 Å². The first-order valence-electron chi connectivity index (χ1n) is 7.46. The van der Waals surface area contributed by atoms with Crippen molar-refractivity contribution in [2.45, 2.75) is 13.0 Å². The van der Waals surface area contributed by atoms with Gasteiger partial charge >= 0.3 is 0 Å². The number of nitrogens with one attached hydrogen (secondary N) is 1. The highest BCUT2D eigenvalue weighted by Gasteiger charge is 2.22. The van der Waals surface area contributed by atoms with Gasteiger partial charge in [-0.3, -0.25) is 15.1 Å². The van der Waals surface area contributed by atoms with Gasteiger partial charge in [0, 0.05) is 25.6 Å². The lowest BCUT2D eigenvalue weighted by atomic mass is 10.1. The Morgan fingerprint density at radius 3 is 3.04 bits per heavy atom. The highest BCUT2D eigenvalue weighted by atomic mass is 16.6. The van der Waals surface area contributed by atoms with Gasteiger partial charge in [-0.2, -0.15) is 0 Å². The molecule has 1 aromatic carbocycles. The molecule has 0 saturated carbocycles. The number of fused-ring (bicyclic) bond motifs is 1. The molecule has 0 aliphatic carbocycles. The fourth-order valence-corrected chi connectivity index (χ4v) is 2.88. The van der Waals surface area contributed by atoms with E-state index < -0.39 is 0 Å². The molecular formula is C17H20N4O2. The lowest BCUT2D eigenvalue weighted by molar-refractivity contribution is -0.119. The van der Waals surface area contributed by atoms with Gasteiger partial charge in [0.15, 0.2) is 0 Å². The molecule has 3 rings (SSSR count). The normalized spacial score (nSPS) is 13.6. The van der Waals surface area contributed by atoms with Crippen LogP contribution in [0.1, 0.15) is 17.0 Å². The highest BCUT2D eigenvalue weighted by Crippen LogP contribution is 2.26. The van der Waals surface area contributed by atoms with Crippen LogP contribution in [0.5, 0.6) is 0 Å². The zero-order valence-corrected chi connectivity index (χ0v) is 13.4. The van der Waals surface area contributed by atoms with Crippen molar-refractivity contribution >= 4 is 12.1 Å². The van der Waals surface area contributed by atoms with Crippen LogP contribution in [0.15, 0.2) is 30.8 Å². The molecule has 0 saturated heterocycles. The molecular weight excluding hydrogens is 292 g/mol. The Bertz CT molecular complexity index is 751. The van der Waals surface area contributed by atoms with E-state index in [0.29, 0.717) is 12.2 Å². The average molecular weight is 312 g/mol. The van der Waals surface area contributed by atoms with Crippen LogP contribution in [0.25, 0.3) is 17.1 Å². The number of aromatic nitrogens is 2. The van der Waals surface area contributed by atoms with Crippen LogP contribution in [0.2, 0.25) is 0 Å². The quantitative estimate of drug-likeness (QED) is 0.675. The van der Waals surface area contributed by atoms with Gasteiger partial charge < -0.3 is 9.47 Å². The van der Waals surface area contributed by atoms with Crippen molar-refractivity contribution in [2.75, 3.05) is 13.7 Å². The van der Waals surface area contributed by atoms with Crippen LogP contribution >= 0.6 is 0 Å². The number of hydroxylamine groups is 1. The molecule has 0 spiro atoms. The van der Waals surface area contributed by atoms with Crippen molar-refractivity contribution < 1.29 is 9.63 Å². The summed E-state index contributed by atoms with van der Waals surface area (Å²) < 4.78 is 2.07. The number of carbonyl (C=O) groups is 1.